The van der Waals surface area contributed by atoms with Crippen molar-refractivity contribution in [2.24, 2.45) is 5.92 Å². The van der Waals surface area contributed by atoms with E-state index in [1.165, 1.54) is 55.0 Å². The van der Waals surface area contributed by atoms with Gasteiger partial charge in [0, 0.05) is 29.7 Å². The Morgan fingerprint density at radius 2 is 1.90 bits per heavy atom. The Kier molecular flexibility index (Phi) is 4.41. The van der Waals surface area contributed by atoms with Gasteiger partial charge in [0.1, 0.15) is 0 Å². The van der Waals surface area contributed by atoms with Crippen molar-refractivity contribution in [3.05, 3.63) is 36.0 Å². The number of aromatic amines is 1. The van der Waals surface area contributed by atoms with Crippen LogP contribution in [0.15, 0.2) is 30.5 Å². The van der Waals surface area contributed by atoms with E-state index in [2.05, 4.69) is 47.7 Å². The van der Waals surface area contributed by atoms with Crippen LogP contribution >= 0.6 is 0 Å². The summed E-state index contributed by atoms with van der Waals surface area (Å²) in [6, 6.07) is 9.19. The number of H-pyrrole nitrogens is 1. The molecule has 2 aromatic rings. The second kappa shape index (κ2) is 6.45. The quantitative estimate of drug-likeness (QED) is 0.780. The zero-order valence-corrected chi connectivity index (χ0v) is 12.5. The Bertz CT molecular complexity index is 535. The average Bonchev–Trinajstić information content (AvgIpc) is 2.70. The SMILES string of the molecule is C[C@@H](NCc1c[nH]c2ccccc12)C1CCCCCC1. The van der Waals surface area contributed by atoms with Gasteiger partial charge in [0.2, 0.25) is 0 Å². The van der Waals surface area contributed by atoms with Crippen LogP contribution in [0.2, 0.25) is 0 Å². The number of aromatic nitrogens is 1. The van der Waals surface area contributed by atoms with Crippen LogP contribution < -0.4 is 5.32 Å². The summed E-state index contributed by atoms with van der Waals surface area (Å²) in [5.74, 6) is 0.864. The maximum Gasteiger partial charge on any atom is 0.0457 e. The van der Waals surface area contributed by atoms with E-state index in [1.807, 2.05) is 0 Å². The highest BCUT2D eigenvalue weighted by Gasteiger charge is 2.18. The third-order valence-corrected chi connectivity index (χ3v) is 4.90. The highest BCUT2D eigenvalue weighted by atomic mass is 14.9. The summed E-state index contributed by atoms with van der Waals surface area (Å²) in [5, 5.41) is 5.11. The predicted octanol–water partition coefficient (Wildman–Crippen LogP) is 4.62. The molecule has 0 saturated heterocycles. The molecule has 0 aliphatic heterocycles. The Hall–Kier alpha value is -1.28. The van der Waals surface area contributed by atoms with Crippen molar-refractivity contribution in [3.8, 4) is 0 Å². The van der Waals surface area contributed by atoms with Gasteiger partial charge in [-0.05, 0) is 37.3 Å². The highest BCUT2D eigenvalue weighted by molar-refractivity contribution is 5.82. The lowest BCUT2D eigenvalue weighted by molar-refractivity contribution is 0.337. The number of nitrogens with one attached hydrogen (secondary N) is 2. The third-order valence-electron chi connectivity index (χ3n) is 4.90. The summed E-state index contributed by atoms with van der Waals surface area (Å²) in [4.78, 5) is 3.36. The maximum absolute atomic E-state index is 3.75. The molecule has 0 bridgehead atoms. The predicted molar refractivity (Wildman–Crippen MR) is 85.8 cm³/mol. The van der Waals surface area contributed by atoms with Gasteiger partial charge < -0.3 is 10.3 Å². The molecular formula is C18H26N2. The minimum atomic E-state index is 0.627. The fourth-order valence-electron chi connectivity index (χ4n) is 3.53. The van der Waals surface area contributed by atoms with E-state index in [9.17, 15) is 0 Å². The van der Waals surface area contributed by atoms with Crippen LogP contribution in [-0.2, 0) is 6.54 Å². The van der Waals surface area contributed by atoms with Crippen LogP contribution in [0.3, 0.4) is 0 Å². The van der Waals surface area contributed by atoms with E-state index in [0.29, 0.717) is 6.04 Å². The summed E-state index contributed by atoms with van der Waals surface area (Å²) in [5.41, 5.74) is 2.63. The number of hydrogen-bond acceptors (Lipinski definition) is 1. The van der Waals surface area contributed by atoms with E-state index in [1.54, 1.807) is 0 Å². The van der Waals surface area contributed by atoms with Gasteiger partial charge in [-0.25, -0.2) is 0 Å². The minimum absolute atomic E-state index is 0.627. The summed E-state index contributed by atoms with van der Waals surface area (Å²) >= 11 is 0. The smallest absolute Gasteiger partial charge is 0.0457 e. The molecule has 1 saturated carbocycles. The first kappa shape index (κ1) is 13.7. The average molecular weight is 270 g/mol. The zero-order valence-electron chi connectivity index (χ0n) is 12.5. The van der Waals surface area contributed by atoms with Gasteiger partial charge in [-0.3, -0.25) is 0 Å². The van der Waals surface area contributed by atoms with Gasteiger partial charge in [-0.15, -0.1) is 0 Å². The Labute approximate surface area is 122 Å². The highest BCUT2D eigenvalue weighted by Crippen LogP contribution is 2.26. The molecule has 0 radical (unpaired) electrons. The monoisotopic (exact) mass is 270 g/mol. The molecule has 2 N–H and O–H groups in total. The molecular weight excluding hydrogens is 244 g/mol. The molecule has 2 nitrogen and oxygen atoms in total. The standard InChI is InChI=1S/C18H26N2/c1-14(15-8-4-2-3-5-9-15)19-12-16-13-20-18-11-7-6-10-17(16)18/h6-7,10-11,13-15,19-20H,2-5,8-9,12H2,1H3/t14-/m1/s1. The molecule has 1 aromatic heterocycles. The summed E-state index contributed by atoms with van der Waals surface area (Å²) in [7, 11) is 0. The number of rotatable bonds is 4. The van der Waals surface area contributed by atoms with Gasteiger partial charge in [0.05, 0.1) is 0 Å². The summed E-state index contributed by atoms with van der Waals surface area (Å²) in [6.07, 6.45) is 10.7. The van der Waals surface area contributed by atoms with Crippen LogP contribution in [0.25, 0.3) is 10.9 Å². The number of para-hydroxylation sites is 1. The van der Waals surface area contributed by atoms with Gasteiger partial charge in [0.25, 0.3) is 0 Å². The summed E-state index contributed by atoms with van der Waals surface area (Å²) in [6.45, 7) is 3.34. The van der Waals surface area contributed by atoms with Crippen LogP contribution in [0, 0.1) is 5.92 Å². The van der Waals surface area contributed by atoms with Crippen molar-refractivity contribution in [1.82, 2.24) is 10.3 Å². The van der Waals surface area contributed by atoms with Crippen LogP contribution in [-0.4, -0.2) is 11.0 Å². The summed E-state index contributed by atoms with van der Waals surface area (Å²) < 4.78 is 0. The third kappa shape index (κ3) is 3.06. The molecule has 0 amide bonds. The van der Waals surface area contributed by atoms with Crippen molar-refractivity contribution in [1.29, 1.82) is 0 Å². The first-order valence-electron chi connectivity index (χ1n) is 8.13. The van der Waals surface area contributed by atoms with Gasteiger partial charge in [-0.1, -0.05) is 43.9 Å². The fraction of sp³-hybridized carbons (Fsp3) is 0.556. The fourth-order valence-corrected chi connectivity index (χ4v) is 3.53. The molecule has 108 valence electrons. The Balaban J connectivity index is 1.60. The van der Waals surface area contributed by atoms with Crippen LogP contribution in [0.4, 0.5) is 0 Å². The Morgan fingerprint density at radius 3 is 2.70 bits per heavy atom. The molecule has 1 heterocycles. The van der Waals surface area contributed by atoms with Gasteiger partial charge >= 0.3 is 0 Å². The lowest BCUT2D eigenvalue weighted by Gasteiger charge is -2.23. The molecule has 1 aliphatic rings. The van der Waals surface area contributed by atoms with E-state index < -0.39 is 0 Å². The molecule has 1 aromatic carbocycles. The van der Waals surface area contributed by atoms with E-state index in [0.717, 1.165) is 12.5 Å². The second-order valence-electron chi connectivity index (χ2n) is 6.28. The maximum atomic E-state index is 3.75. The van der Waals surface area contributed by atoms with Crippen LogP contribution in [0.5, 0.6) is 0 Å². The number of benzene rings is 1. The van der Waals surface area contributed by atoms with Crippen molar-refractivity contribution in [2.75, 3.05) is 0 Å². The van der Waals surface area contributed by atoms with Gasteiger partial charge in [-0.2, -0.15) is 0 Å². The van der Waals surface area contributed by atoms with Crippen molar-refractivity contribution in [2.45, 2.75) is 58.0 Å². The first-order chi connectivity index (χ1) is 9.84. The Morgan fingerprint density at radius 1 is 1.15 bits per heavy atom. The van der Waals surface area contributed by atoms with Crippen molar-refractivity contribution in [3.63, 3.8) is 0 Å². The molecule has 1 aliphatic carbocycles. The molecule has 3 rings (SSSR count). The second-order valence-corrected chi connectivity index (χ2v) is 6.28. The molecule has 2 heteroatoms. The lowest BCUT2D eigenvalue weighted by Crippen LogP contribution is -2.32. The molecule has 0 unspecified atom stereocenters. The largest absolute Gasteiger partial charge is 0.361 e. The first-order valence-corrected chi connectivity index (χ1v) is 8.13. The molecule has 0 spiro atoms. The van der Waals surface area contributed by atoms with E-state index >= 15 is 0 Å². The topological polar surface area (TPSA) is 27.8 Å². The number of hydrogen-bond donors (Lipinski definition) is 2. The number of fused-ring (bicyclic) bond motifs is 1. The van der Waals surface area contributed by atoms with Crippen molar-refractivity contribution >= 4 is 10.9 Å². The van der Waals surface area contributed by atoms with E-state index in [-0.39, 0.29) is 0 Å². The van der Waals surface area contributed by atoms with E-state index in [4.69, 9.17) is 0 Å². The lowest BCUT2D eigenvalue weighted by atomic mass is 9.93. The van der Waals surface area contributed by atoms with Crippen LogP contribution in [0.1, 0.15) is 51.0 Å². The minimum Gasteiger partial charge on any atom is -0.361 e. The van der Waals surface area contributed by atoms with Gasteiger partial charge in [0.15, 0.2) is 0 Å². The zero-order chi connectivity index (χ0) is 13.8. The molecule has 1 atom stereocenters. The molecule has 1 fully saturated rings. The molecule has 20 heavy (non-hydrogen) atoms. The van der Waals surface area contributed by atoms with Crippen molar-refractivity contribution < 1.29 is 0 Å². The normalized spacial score (nSPS) is 19.1.